The first kappa shape index (κ1) is 27.7. The van der Waals surface area contributed by atoms with E-state index in [-0.39, 0.29) is 17.8 Å². The number of amides is 1. The Bertz CT molecular complexity index is 410. The fraction of sp³-hybridized carbons (Fsp3) is 0.917. The van der Waals surface area contributed by atoms with E-state index in [1.165, 1.54) is 57.8 Å². The van der Waals surface area contributed by atoms with Crippen molar-refractivity contribution in [2.24, 2.45) is 11.8 Å². The zero-order valence-corrected chi connectivity index (χ0v) is 19.8. The maximum Gasteiger partial charge on any atom is 0.407 e. The lowest BCUT2D eigenvalue weighted by Crippen LogP contribution is -2.43. The summed E-state index contributed by atoms with van der Waals surface area (Å²) in [5.41, 5.74) is 0. The van der Waals surface area contributed by atoms with Crippen molar-refractivity contribution in [3.63, 3.8) is 0 Å². The van der Waals surface area contributed by atoms with Crippen molar-refractivity contribution in [2.75, 3.05) is 13.2 Å². The average Bonchev–Trinajstić information content (AvgIpc) is 2.66. The molecule has 0 aromatic heterocycles. The minimum Gasteiger partial charge on any atom is -0.464 e. The van der Waals surface area contributed by atoms with Gasteiger partial charge in [-0.2, -0.15) is 0 Å². The molecule has 0 unspecified atom stereocenters. The van der Waals surface area contributed by atoms with Crippen LogP contribution in [0.5, 0.6) is 0 Å². The first-order valence-corrected chi connectivity index (χ1v) is 12.0. The van der Waals surface area contributed by atoms with Crippen LogP contribution in [-0.4, -0.2) is 31.3 Å². The molecule has 0 saturated carbocycles. The number of esters is 1. The van der Waals surface area contributed by atoms with Crippen molar-refractivity contribution in [2.45, 2.75) is 118 Å². The maximum atomic E-state index is 12.3. The van der Waals surface area contributed by atoms with Crippen LogP contribution in [-0.2, 0) is 14.3 Å². The zero-order chi connectivity index (χ0) is 21.9. The molecule has 0 heterocycles. The predicted octanol–water partition coefficient (Wildman–Crippen LogP) is 6.64. The van der Waals surface area contributed by atoms with Gasteiger partial charge in [-0.3, -0.25) is 0 Å². The van der Waals surface area contributed by atoms with Gasteiger partial charge in [0, 0.05) is 0 Å². The predicted molar refractivity (Wildman–Crippen MR) is 120 cm³/mol. The summed E-state index contributed by atoms with van der Waals surface area (Å²) in [5.74, 6) is 0.185. The van der Waals surface area contributed by atoms with E-state index in [0.29, 0.717) is 19.6 Å². The Hall–Kier alpha value is -1.26. The van der Waals surface area contributed by atoms with E-state index in [2.05, 4.69) is 12.2 Å². The van der Waals surface area contributed by atoms with Gasteiger partial charge in [-0.1, -0.05) is 98.8 Å². The fourth-order valence-corrected chi connectivity index (χ4v) is 3.15. The minimum absolute atomic E-state index is 0.261. The molecule has 0 aromatic carbocycles. The average molecular weight is 414 g/mol. The SMILES string of the molecule is CCCCCCCCCCCCCOC(=O)[C@H](CC(C)C)NC(=O)OCC(C)C. The summed E-state index contributed by atoms with van der Waals surface area (Å²) >= 11 is 0. The molecule has 5 nitrogen and oxygen atoms in total. The van der Waals surface area contributed by atoms with Crippen LogP contribution in [0.25, 0.3) is 0 Å². The Balaban J connectivity index is 3.86. The highest BCUT2D eigenvalue weighted by Crippen LogP contribution is 2.12. The number of alkyl carbamates (subject to hydrolysis) is 1. The third kappa shape index (κ3) is 18.5. The molecule has 1 atom stereocenters. The van der Waals surface area contributed by atoms with Crippen molar-refractivity contribution >= 4 is 12.1 Å². The van der Waals surface area contributed by atoms with E-state index in [9.17, 15) is 9.59 Å². The van der Waals surface area contributed by atoms with E-state index >= 15 is 0 Å². The first-order valence-electron chi connectivity index (χ1n) is 12.0. The van der Waals surface area contributed by atoms with Crippen LogP contribution in [0.1, 0.15) is 112 Å². The van der Waals surface area contributed by atoms with Crippen LogP contribution in [0.3, 0.4) is 0 Å². The third-order valence-electron chi connectivity index (χ3n) is 4.82. The third-order valence-corrected chi connectivity index (χ3v) is 4.82. The van der Waals surface area contributed by atoms with Gasteiger partial charge >= 0.3 is 12.1 Å². The summed E-state index contributed by atoms with van der Waals surface area (Å²) in [6.45, 7) is 11.0. The van der Waals surface area contributed by atoms with Gasteiger partial charge < -0.3 is 14.8 Å². The number of carbonyl (C=O) groups excluding carboxylic acids is 2. The van der Waals surface area contributed by atoms with Crippen molar-refractivity contribution in [3.8, 4) is 0 Å². The maximum absolute atomic E-state index is 12.3. The van der Waals surface area contributed by atoms with Gasteiger partial charge in [0.1, 0.15) is 6.04 Å². The largest absolute Gasteiger partial charge is 0.464 e. The lowest BCUT2D eigenvalue weighted by Gasteiger charge is -2.19. The molecule has 0 aromatic rings. The van der Waals surface area contributed by atoms with Crippen LogP contribution >= 0.6 is 0 Å². The van der Waals surface area contributed by atoms with Crippen molar-refractivity contribution < 1.29 is 19.1 Å². The van der Waals surface area contributed by atoms with Crippen molar-refractivity contribution in [1.29, 1.82) is 0 Å². The van der Waals surface area contributed by atoms with E-state index < -0.39 is 12.1 Å². The molecule has 0 fully saturated rings. The molecular weight excluding hydrogens is 366 g/mol. The smallest absolute Gasteiger partial charge is 0.407 e. The molecule has 0 spiro atoms. The highest BCUT2D eigenvalue weighted by molar-refractivity contribution is 5.81. The molecule has 0 rings (SSSR count). The zero-order valence-electron chi connectivity index (χ0n) is 19.8. The Morgan fingerprint density at radius 2 is 1.24 bits per heavy atom. The van der Waals surface area contributed by atoms with Gasteiger partial charge in [0.05, 0.1) is 13.2 Å². The highest BCUT2D eigenvalue weighted by atomic mass is 16.6. The number of nitrogens with one attached hydrogen (secondary N) is 1. The normalized spacial score (nSPS) is 12.2. The van der Waals surface area contributed by atoms with Crippen LogP contribution < -0.4 is 5.32 Å². The first-order chi connectivity index (χ1) is 13.9. The second-order valence-electron chi connectivity index (χ2n) is 9.02. The number of hydrogen-bond acceptors (Lipinski definition) is 4. The van der Waals surface area contributed by atoms with Gasteiger partial charge in [0.15, 0.2) is 0 Å². The summed E-state index contributed by atoms with van der Waals surface area (Å²) in [5, 5.41) is 2.66. The van der Waals surface area contributed by atoms with Gasteiger partial charge in [0.25, 0.3) is 0 Å². The molecular formula is C24H47NO4. The number of ether oxygens (including phenoxy) is 2. The highest BCUT2D eigenvalue weighted by Gasteiger charge is 2.24. The van der Waals surface area contributed by atoms with E-state index in [1.54, 1.807) is 0 Å². The Labute approximate surface area is 179 Å². The second-order valence-corrected chi connectivity index (χ2v) is 9.02. The molecule has 0 aliphatic rings. The van der Waals surface area contributed by atoms with Gasteiger partial charge in [-0.25, -0.2) is 9.59 Å². The lowest BCUT2D eigenvalue weighted by molar-refractivity contribution is -0.146. The Morgan fingerprint density at radius 1 is 0.724 bits per heavy atom. The number of rotatable bonds is 18. The van der Waals surface area contributed by atoms with Crippen LogP contribution in [0.15, 0.2) is 0 Å². The quantitative estimate of drug-likeness (QED) is 0.202. The molecule has 5 heteroatoms. The summed E-state index contributed by atoms with van der Waals surface area (Å²) in [4.78, 5) is 24.2. The molecule has 0 saturated heterocycles. The minimum atomic E-state index is -0.637. The molecule has 0 bridgehead atoms. The molecule has 0 aliphatic heterocycles. The monoisotopic (exact) mass is 413 g/mol. The van der Waals surface area contributed by atoms with Crippen LogP contribution in [0.2, 0.25) is 0 Å². The molecule has 1 N–H and O–H groups in total. The van der Waals surface area contributed by atoms with E-state index in [1.807, 2.05) is 27.7 Å². The summed E-state index contributed by atoms with van der Waals surface area (Å²) < 4.78 is 10.5. The van der Waals surface area contributed by atoms with E-state index in [4.69, 9.17) is 9.47 Å². The fourth-order valence-electron chi connectivity index (χ4n) is 3.15. The van der Waals surface area contributed by atoms with Crippen LogP contribution in [0.4, 0.5) is 4.79 Å². The van der Waals surface area contributed by atoms with Crippen molar-refractivity contribution in [1.82, 2.24) is 5.32 Å². The second kappa shape index (κ2) is 18.7. The Morgan fingerprint density at radius 3 is 1.72 bits per heavy atom. The van der Waals surface area contributed by atoms with Gasteiger partial charge in [0.2, 0.25) is 0 Å². The number of carbonyl (C=O) groups is 2. The number of hydrogen-bond donors (Lipinski definition) is 1. The van der Waals surface area contributed by atoms with Gasteiger partial charge in [-0.05, 0) is 24.7 Å². The molecule has 0 radical (unpaired) electrons. The van der Waals surface area contributed by atoms with Gasteiger partial charge in [-0.15, -0.1) is 0 Å². The molecule has 172 valence electrons. The van der Waals surface area contributed by atoms with Crippen LogP contribution in [0, 0.1) is 11.8 Å². The molecule has 29 heavy (non-hydrogen) atoms. The summed E-state index contributed by atoms with van der Waals surface area (Å²) in [7, 11) is 0. The summed E-state index contributed by atoms with van der Waals surface area (Å²) in [6.07, 6.45) is 13.9. The lowest BCUT2D eigenvalue weighted by atomic mass is 10.0. The summed E-state index contributed by atoms with van der Waals surface area (Å²) in [6, 6.07) is -0.637. The Kier molecular flexibility index (Phi) is 17.9. The molecule has 1 amide bonds. The standard InChI is InChI=1S/C24H47NO4/c1-6-7-8-9-10-11-12-13-14-15-16-17-28-23(26)22(18-20(2)3)25-24(27)29-19-21(4)5/h20-22H,6-19H2,1-5H3,(H,25,27)/t22-/m0/s1. The number of unbranched alkanes of at least 4 members (excludes halogenated alkanes) is 10. The van der Waals surface area contributed by atoms with Crippen molar-refractivity contribution in [3.05, 3.63) is 0 Å². The van der Waals surface area contributed by atoms with E-state index in [0.717, 1.165) is 12.8 Å². The molecule has 0 aliphatic carbocycles. The topological polar surface area (TPSA) is 64.6 Å².